The quantitative estimate of drug-likeness (QED) is 0.341. The van der Waals surface area contributed by atoms with E-state index in [0.29, 0.717) is 12.0 Å². The van der Waals surface area contributed by atoms with Gasteiger partial charge >= 0.3 is 0 Å². The Kier molecular flexibility index (Phi) is 4.65. The number of piperidine rings is 3. The van der Waals surface area contributed by atoms with Gasteiger partial charge in [0.25, 0.3) is 0 Å². The van der Waals surface area contributed by atoms with Gasteiger partial charge in [0.2, 0.25) is 0 Å². The highest BCUT2D eigenvalue weighted by atomic mass is 16.5. The number of nitrogens with zero attached hydrogens (tertiary/aromatic N) is 2. The zero-order valence-corrected chi connectivity index (χ0v) is 19.7. The second kappa shape index (κ2) is 7.76. The van der Waals surface area contributed by atoms with Crippen molar-refractivity contribution in [2.75, 3.05) is 13.1 Å². The van der Waals surface area contributed by atoms with Crippen molar-refractivity contribution in [1.82, 2.24) is 9.88 Å². The van der Waals surface area contributed by atoms with E-state index in [1.807, 2.05) is 6.20 Å². The minimum atomic E-state index is 0.0186. The molecule has 5 fully saturated rings. The molecule has 0 radical (unpaired) electrons. The predicted octanol–water partition coefficient (Wildman–Crippen LogP) is 6.88. The number of aromatic nitrogens is 1. The van der Waals surface area contributed by atoms with Gasteiger partial charge in [-0.25, -0.2) is 0 Å². The molecule has 34 heavy (non-hydrogen) atoms. The molecule has 0 spiro atoms. The first-order valence-electron chi connectivity index (χ1n) is 12.7. The Morgan fingerprint density at radius 2 is 1.65 bits per heavy atom. The molecule has 170 valence electrons. The normalized spacial score (nSPS) is 29.6. The highest BCUT2D eigenvalue weighted by Crippen LogP contribution is 2.54. The molecule has 4 unspecified atom stereocenters. The van der Waals surface area contributed by atoms with Crippen molar-refractivity contribution in [3.8, 4) is 22.3 Å². The monoisotopic (exact) mass is 446 g/mol. The average molecular weight is 447 g/mol. The lowest BCUT2D eigenvalue weighted by Gasteiger charge is -2.64. The Labute approximate surface area is 201 Å². The lowest BCUT2D eigenvalue weighted by Crippen LogP contribution is -2.70. The summed E-state index contributed by atoms with van der Waals surface area (Å²) in [4.78, 5) is 7.33. The van der Waals surface area contributed by atoms with Gasteiger partial charge in [-0.05, 0) is 65.4 Å². The van der Waals surface area contributed by atoms with Crippen LogP contribution in [-0.4, -0.2) is 34.6 Å². The zero-order valence-electron chi connectivity index (χ0n) is 19.7. The van der Waals surface area contributed by atoms with Crippen molar-refractivity contribution in [2.45, 2.75) is 43.9 Å². The maximum absolute atomic E-state index is 6.98. The van der Waals surface area contributed by atoms with Crippen LogP contribution in [-0.2, 0) is 4.74 Å². The van der Waals surface area contributed by atoms with Crippen molar-refractivity contribution in [2.24, 2.45) is 5.92 Å². The molecule has 6 heterocycles. The smallest absolute Gasteiger partial charge is 0.101 e. The molecule has 4 aromatic rings. The van der Waals surface area contributed by atoms with Gasteiger partial charge in [-0.3, -0.25) is 9.88 Å². The molecule has 1 aromatic heterocycles. The number of rotatable bonds is 4. The maximum atomic E-state index is 6.98. The average Bonchev–Trinajstić information content (AvgIpc) is 2.93. The molecule has 3 nitrogen and oxygen atoms in total. The van der Waals surface area contributed by atoms with Gasteiger partial charge in [0, 0.05) is 35.9 Å². The molecule has 3 aromatic carbocycles. The summed E-state index contributed by atoms with van der Waals surface area (Å²) in [6.07, 6.45) is 7.80. The Balaban J connectivity index is 1.27. The topological polar surface area (TPSA) is 25.4 Å². The summed E-state index contributed by atoms with van der Waals surface area (Å²) < 4.78 is 6.98. The van der Waals surface area contributed by atoms with Crippen LogP contribution in [0.3, 0.4) is 0 Å². The van der Waals surface area contributed by atoms with E-state index < -0.39 is 0 Å². The van der Waals surface area contributed by atoms with Gasteiger partial charge < -0.3 is 4.74 Å². The first-order chi connectivity index (χ1) is 16.7. The van der Waals surface area contributed by atoms with Crippen LogP contribution in [0.5, 0.6) is 0 Å². The standard InChI is InChI=1S/C31H30N2O/c1-2-31-20-33-15-14-26(31)17-29(33)30(34-31)28-19-32-18-25-13-12-24(16-27(25)28)23-10-8-22(9-11-23)21-6-4-3-5-7-21/h3-13,16,18-19,26,29-30H,2,14-15,17,20H2,1H3/t26?,29?,30?,31-/m0/s1. The van der Waals surface area contributed by atoms with Crippen LogP contribution in [0, 0.1) is 5.92 Å². The largest absolute Gasteiger partial charge is 0.364 e. The predicted molar refractivity (Wildman–Crippen MR) is 138 cm³/mol. The van der Waals surface area contributed by atoms with Gasteiger partial charge in [-0.15, -0.1) is 0 Å². The Bertz CT molecular complexity index is 1350. The van der Waals surface area contributed by atoms with Crippen molar-refractivity contribution in [1.29, 1.82) is 0 Å². The number of hydrogen-bond acceptors (Lipinski definition) is 3. The van der Waals surface area contributed by atoms with E-state index in [1.54, 1.807) is 0 Å². The number of morpholine rings is 1. The van der Waals surface area contributed by atoms with Crippen LogP contribution in [0.2, 0.25) is 0 Å². The van der Waals surface area contributed by atoms with E-state index in [-0.39, 0.29) is 11.7 Å². The number of fused-ring (bicyclic) bond motifs is 3. The first-order valence-corrected chi connectivity index (χ1v) is 12.7. The molecule has 5 atom stereocenters. The van der Waals surface area contributed by atoms with E-state index in [2.05, 4.69) is 95.8 Å². The molecule has 5 aliphatic heterocycles. The zero-order chi connectivity index (χ0) is 22.7. The fourth-order valence-electron chi connectivity index (χ4n) is 6.81. The third kappa shape index (κ3) is 3.07. The minimum absolute atomic E-state index is 0.0186. The van der Waals surface area contributed by atoms with Crippen LogP contribution in [0.15, 0.2) is 85.2 Å². The molecule has 0 N–H and O–H groups in total. The molecule has 5 aliphatic rings. The number of benzene rings is 3. The van der Waals surface area contributed by atoms with Crippen LogP contribution in [0.1, 0.15) is 37.9 Å². The summed E-state index contributed by atoms with van der Waals surface area (Å²) in [7, 11) is 0. The van der Waals surface area contributed by atoms with Crippen LogP contribution >= 0.6 is 0 Å². The number of ether oxygens (including phenoxy) is 1. The molecule has 0 aliphatic carbocycles. The third-order valence-electron chi connectivity index (χ3n) is 8.71. The molecular weight excluding hydrogens is 416 g/mol. The Hall–Kier alpha value is -3.01. The third-order valence-corrected chi connectivity index (χ3v) is 8.71. The highest BCUT2D eigenvalue weighted by molar-refractivity contribution is 5.90. The van der Waals surface area contributed by atoms with Crippen LogP contribution < -0.4 is 0 Å². The molecule has 0 saturated carbocycles. The van der Waals surface area contributed by atoms with Crippen molar-refractivity contribution in [3.05, 3.63) is 90.8 Å². The van der Waals surface area contributed by atoms with Crippen molar-refractivity contribution >= 4 is 10.8 Å². The summed E-state index contributed by atoms with van der Waals surface area (Å²) in [5, 5.41) is 2.47. The summed E-state index contributed by atoms with van der Waals surface area (Å²) >= 11 is 0. The number of pyridine rings is 1. The molecule has 5 saturated heterocycles. The maximum Gasteiger partial charge on any atom is 0.101 e. The minimum Gasteiger partial charge on any atom is -0.364 e. The van der Waals surface area contributed by atoms with E-state index >= 15 is 0 Å². The fourth-order valence-corrected chi connectivity index (χ4v) is 6.81. The Morgan fingerprint density at radius 1 is 0.912 bits per heavy atom. The molecule has 4 bridgehead atoms. The van der Waals surface area contributed by atoms with Crippen LogP contribution in [0.25, 0.3) is 33.0 Å². The van der Waals surface area contributed by atoms with Crippen molar-refractivity contribution in [3.63, 3.8) is 0 Å². The molecule has 3 heteroatoms. The van der Waals surface area contributed by atoms with Crippen LogP contribution in [0.4, 0.5) is 0 Å². The molecular formula is C31H30N2O. The first kappa shape index (κ1) is 20.4. The van der Waals surface area contributed by atoms with Gasteiger partial charge in [0.05, 0.1) is 5.60 Å². The fraction of sp³-hybridized carbons (Fsp3) is 0.323. The van der Waals surface area contributed by atoms with E-state index in [4.69, 9.17) is 4.74 Å². The second-order valence-corrected chi connectivity index (χ2v) is 10.3. The summed E-state index contributed by atoms with van der Waals surface area (Å²) in [6.45, 7) is 4.62. The van der Waals surface area contributed by atoms with Gasteiger partial charge in [-0.1, -0.05) is 73.7 Å². The van der Waals surface area contributed by atoms with Gasteiger partial charge in [-0.2, -0.15) is 0 Å². The Morgan fingerprint density at radius 3 is 2.38 bits per heavy atom. The van der Waals surface area contributed by atoms with E-state index in [9.17, 15) is 0 Å². The SMILES string of the molecule is CC[C@]12CN3CCC1CC3C(c1cncc3ccc(-c4ccc(-c5ccccc5)cc4)cc13)O2. The van der Waals surface area contributed by atoms with E-state index in [0.717, 1.165) is 13.0 Å². The second-order valence-electron chi connectivity index (χ2n) is 10.3. The van der Waals surface area contributed by atoms with Gasteiger partial charge in [0.15, 0.2) is 0 Å². The van der Waals surface area contributed by atoms with Gasteiger partial charge in [0.1, 0.15) is 6.10 Å². The molecule has 0 amide bonds. The summed E-state index contributed by atoms with van der Waals surface area (Å²) in [5.74, 6) is 0.713. The number of hydrogen-bond donors (Lipinski definition) is 0. The summed E-state index contributed by atoms with van der Waals surface area (Å²) in [5.41, 5.74) is 6.25. The molecule has 9 rings (SSSR count). The highest BCUT2D eigenvalue weighted by Gasteiger charge is 2.58. The van der Waals surface area contributed by atoms with E-state index in [1.165, 1.54) is 58.0 Å². The summed E-state index contributed by atoms with van der Waals surface area (Å²) in [6, 6.07) is 26.7. The lowest BCUT2D eigenvalue weighted by molar-refractivity contribution is -0.274. The van der Waals surface area contributed by atoms with Crippen molar-refractivity contribution < 1.29 is 4.74 Å². The lowest BCUT2D eigenvalue weighted by atomic mass is 9.66.